The number of aromatic nitrogens is 2. The van der Waals surface area contributed by atoms with Crippen molar-refractivity contribution in [1.82, 2.24) is 19.2 Å². The molecule has 3 heterocycles. The Hall–Kier alpha value is -2.22. The molecule has 1 saturated heterocycles. The van der Waals surface area contributed by atoms with Gasteiger partial charge in [-0.05, 0) is 30.9 Å². The molecule has 6 nitrogen and oxygen atoms in total. The van der Waals surface area contributed by atoms with E-state index in [1.807, 2.05) is 36.8 Å². The number of fused-ring (bicyclic) bond motifs is 1. The Bertz CT molecular complexity index is 952. The number of hydrogen-bond acceptors (Lipinski definition) is 5. The van der Waals surface area contributed by atoms with Crippen molar-refractivity contribution >= 4 is 22.2 Å². The van der Waals surface area contributed by atoms with Crippen molar-refractivity contribution in [2.24, 2.45) is 5.92 Å². The lowest BCUT2D eigenvalue weighted by Gasteiger charge is -2.19. The molecule has 2 aromatic heterocycles. The number of nitrogens with zero attached hydrogens (tertiary/aromatic N) is 4. The monoisotopic (exact) mass is 412 g/mol. The number of thiazole rings is 1. The van der Waals surface area contributed by atoms with Crippen LogP contribution in [0.2, 0.25) is 0 Å². The Morgan fingerprint density at radius 2 is 2.17 bits per heavy atom. The number of likely N-dealkylation sites (tertiary alicyclic amines) is 1. The van der Waals surface area contributed by atoms with Crippen molar-refractivity contribution in [3.8, 4) is 0 Å². The van der Waals surface area contributed by atoms with E-state index in [4.69, 9.17) is 4.74 Å². The molecule has 0 radical (unpaired) electrons. The fourth-order valence-corrected chi connectivity index (χ4v) is 4.75. The van der Waals surface area contributed by atoms with Crippen LogP contribution in [0.1, 0.15) is 28.2 Å². The highest BCUT2D eigenvalue weighted by Crippen LogP contribution is 2.24. The summed E-state index contributed by atoms with van der Waals surface area (Å²) in [5, 5.41) is 2.02. The van der Waals surface area contributed by atoms with Gasteiger partial charge in [-0.2, -0.15) is 0 Å². The minimum atomic E-state index is -0.000491. The average molecular weight is 413 g/mol. The van der Waals surface area contributed by atoms with Crippen molar-refractivity contribution in [1.29, 1.82) is 0 Å². The quantitative estimate of drug-likeness (QED) is 0.570. The fraction of sp³-hybridized carbons (Fsp3) is 0.455. The molecule has 1 atom stereocenters. The van der Waals surface area contributed by atoms with Gasteiger partial charge < -0.3 is 9.64 Å². The van der Waals surface area contributed by atoms with E-state index in [9.17, 15) is 4.79 Å². The summed E-state index contributed by atoms with van der Waals surface area (Å²) in [6, 6.07) is 10.3. The summed E-state index contributed by atoms with van der Waals surface area (Å²) in [6.07, 6.45) is 4.00. The van der Waals surface area contributed by atoms with E-state index in [0.29, 0.717) is 18.2 Å². The van der Waals surface area contributed by atoms with Gasteiger partial charge in [0.1, 0.15) is 0 Å². The number of amides is 1. The number of methoxy groups -OCH3 is 1. The van der Waals surface area contributed by atoms with Crippen LogP contribution in [0.15, 0.2) is 41.9 Å². The van der Waals surface area contributed by atoms with E-state index in [1.165, 1.54) is 5.56 Å². The molecule has 3 aromatic rings. The number of hydrogen-bond donors (Lipinski definition) is 0. The third kappa shape index (κ3) is 4.52. The van der Waals surface area contributed by atoms with Gasteiger partial charge >= 0.3 is 0 Å². The molecule has 29 heavy (non-hydrogen) atoms. The second-order valence-corrected chi connectivity index (χ2v) is 8.64. The number of imidazole rings is 1. The van der Waals surface area contributed by atoms with Gasteiger partial charge in [-0.3, -0.25) is 14.1 Å². The van der Waals surface area contributed by atoms with Gasteiger partial charge in [0.2, 0.25) is 0 Å². The molecule has 1 aliphatic rings. The lowest BCUT2D eigenvalue weighted by Crippen LogP contribution is -2.31. The summed E-state index contributed by atoms with van der Waals surface area (Å²) in [5.74, 6) is 0.568. The van der Waals surface area contributed by atoms with Crippen LogP contribution < -0.4 is 0 Å². The zero-order chi connectivity index (χ0) is 20.2. The Balaban J connectivity index is 1.48. The Morgan fingerprint density at radius 1 is 1.34 bits per heavy atom. The van der Waals surface area contributed by atoms with E-state index in [2.05, 4.69) is 26.4 Å². The first-order valence-corrected chi connectivity index (χ1v) is 11.0. The van der Waals surface area contributed by atoms with Crippen LogP contribution in [-0.2, 0) is 17.7 Å². The summed E-state index contributed by atoms with van der Waals surface area (Å²) in [5.41, 5.74) is 2.82. The molecule has 4 rings (SSSR count). The van der Waals surface area contributed by atoms with Crippen LogP contribution in [0.3, 0.4) is 0 Å². The van der Waals surface area contributed by atoms with Crippen LogP contribution >= 0.6 is 11.3 Å². The summed E-state index contributed by atoms with van der Waals surface area (Å²) in [7, 11) is 3.63. The predicted octanol–water partition coefficient (Wildman–Crippen LogP) is 3.18. The lowest BCUT2D eigenvalue weighted by molar-refractivity contribution is 0.0789. The standard InChI is InChI=1S/C22H28N4O2S/c1-24(10-8-17-6-4-3-5-7-17)21(27)20-19(26-12-13-29-22(26)23-20)15-25-11-9-18(14-25)16-28-2/h3-7,12-13,18H,8-11,14-16H2,1-2H3/t18-/m1/s1. The second-order valence-electron chi connectivity index (χ2n) is 7.77. The summed E-state index contributed by atoms with van der Waals surface area (Å²) >= 11 is 1.57. The second kappa shape index (κ2) is 9.07. The lowest BCUT2D eigenvalue weighted by atomic mass is 10.1. The fourth-order valence-electron chi connectivity index (χ4n) is 4.02. The SMILES string of the molecule is COC[C@@H]1CCN(Cc2c(C(=O)N(C)CCc3ccccc3)nc3sccn23)C1. The number of likely N-dealkylation sites (N-methyl/N-ethyl adjacent to an activating group) is 1. The maximum atomic E-state index is 13.2. The van der Waals surface area contributed by atoms with E-state index in [1.54, 1.807) is 23.3 Å². The Morgan fingerprint density at radius 3 is 2.97 bits per heavy atom. The van der Waals surface area contributed by atoms with Crippen molar-refractivity contribution in [3.63, 3.8) is 0 Å². The summed E-state index contributed by atoms with van der Waals surface area (Å²) in [4.78, 5) is 23.0. The molecule has 0 N–H and O–H groups in total. The molecular weight excluding hydrogens is 384 g/mol. The minimum absolute atomic E-state index is 0.000491. The van der Waals surface area contributed by atoms with Gasteiger partial charge in [0.15, 0.2) is 10.7 Å². The minimum Gasteiger partial charge on any atom is -0.384 e. The van der Waals surface area contributed by atoms with Gasteiger partial charge in [-0.25, -0.2) is 4.98 Å². The zero-order valence-corrected chi connectivity index (χ0v) is 17.9. The van der Waals surface area contributed by atoms with E-state index < -0.39 is 0 Å². The molecule has 1 aliphatic heterocycles. The first-order chi connectivity index (χ1) is 14.2. The number of benzene rings is 1. The molecule has 0 bridgehead atoms. The first kappa shape index (κ1) is 20.1. The molecule has 0 unspecified atom stereocenters. The number of carbonyl (C=O) groups excluding carboxylic acids is 1. The van der Waals surface area contributed by atoms with Crippen LogP contribution in [0.25, 0.3) is 4.96 Å². The molecular formula is C22H28N4O2S. The molecule has 0 saturated carbocycles. The number of carbonyl (C=O) groups is 1. The van der Waals surface area contributed by atoms with Gasteiger partial charge in [0.05, 0.1) is 12.3 Å². The smallest absolute Gasteiger partial charge is 0.274 e. The third-order valence-corrected chi connectivity index (χ3v) is 6.39. The molecule has 0 spiro atoms. The maximum Gasteiger partial charge on any atom is 0.274 e. The van der Waals surface area contributed by atoms with Crippen molar-refractivity contribution in [2.45, 2.75) is 19.4 Å². The molecule has 1 amide bonds. The largest absolute Gasteiger partial charge is 0.384 e. The maximum absolute atomic E-state index is 13.2. The highest BCUT2D eigenvalue weighted by atomic mass is 32.1. The molecule has 0 aliphatic carbocycles. The highest BCUT2D eigenvalue weighted by molar-refractivity contribution is 7.15. The summed E-state index contributed by atoms with van der Waals surface area (Å²) < 4.78 is 7.40. The van der Waals surface area contributed by atoms with Crippen molar-refractivity contribution in [3.05, 3.63) is 58.9 Å². The predicted molar refractivity (Wildman–Crippen MR) is 115 cm³/mol. The molecule has 154 valence electrons. The van der Waals surface area contributed by atoms with E-state index in [0.717, 1.165) is 49.7 Å². The number of ether oxygens (including phenoxy) is 1. The van der Waals surface area contributed by atoms with E-state index >= 15 is 0 Å². The van der Waals surface area contributed by atoms with Gasteiger partial charge in [0.25, 0.3) is 5.91 Å². The van der Waals surface area contributed by atoms with Crippen LogP contribution in [0, 0.1) is 5.92 Å². The van der Waals surface area contributed by atoms with E-state index in [-0.39, 0.29) is 5.91 Å². The Labute approximate surface area is 175 Å². The summed E-state index contributed by atoms with van der Waals surface area (Å²) in [6.45, 7) is 4.25. The van der Waals surface area contributed by atoms with Gasteiger partial charge in [0, 0.05) is 45.4 Å². The van der Waals surface area contributed by atoms with Crippen molar-refractivity contribution < 1.29 is 9.53 Å². The van der Waals surface area contributed by atoms with Crippen LogP contribution in [0.5, 0.6) is 0 Å². The average Bonchev–Trinajstić information content (AvgIpc) is 3.45. The zero-order valence-electron chi connectivity index (χ0n) is 17.1. The van der Waals surface area contributed by atoms with Crippen molar-refractivity contribution in [2.75, 3.05) is 40.4 Å². The Kier molecular flexibility index (Phi) is 6.28. The van der Waals surface area contributed by atoms with Crippen LogP contribution in [-0.4, -0.2) is 65.5 Å². The van der Waals surface area contributed by atoms with Gasteiger partial charge in [-0.1, -0.05) is 30.3 Å². The topological polar surface area (TPSA) is 50.1 Å². The normalized spacial score (nSPS) is 17.2. The molecule has 1 aromatic carbocycles. The number of rotatable bonds is 8. The van der Waals surface area contributed by atoms with Gasteiger partial charge in [-0.15, -0.1) is 11.3 Å². The molecule has 1 fully saturated rings. The first-order valence-electron chi connectivity index (χ1n) is 10.1. The molecule has 7 heteroatoms. The third-order valence-electron chi connectivity index (χ3n) is 5.63. The van der Waals surface area contributed by atoms with Crippen LogP contribution in [0.4, 0.5) is 0 Å². The highest BCUT2D eigenvalue weighted by Gasteiger charge is 2.27.